The zero-order valence-electron chi connectivity index (χ0n) is 20.9. The highest BCUT2D eigenvalue weighted by molar-refractivity contribution is 6.11. The predicted octanol–water partition coefficient (Wildman–Crippen LogP) is 4.97. The number of carbonyl (C=O) groups is 3. The minimum atomic E-state index is -0.668. The number of carbonyl (C=O) groups excluding carboxylic acids is 3. The summed E-state index contributed by atoms with van der Waals surface area (Å²) in [6, 6.07) is 18.1. The van der Waals surface area contributed by atoms with Gasteiger partial charge in [0.15, 0.2) is 0 Å². The van der Waals surface area contributed by atoms with E-state index >= 15 is 0 Å². The Balaban J connectivity index is 1.84. The van der Waals surface area contributed by atoms with Gasteiger partial charge in [0.25, 0.3) is 17.5 Å². The molecular weight excluding hydrogens is 490 g/mol. The number of methoxy groups -OCH3 is 1. The van der Waals surface area contributed by atoms with E-state index in [1.54, 1.807) is 36.4 Å². The van der Waals surface area contributed by atoms with E-state index in [9.17, 15) is 24.5 Å². The van der Waals surface area contributed by atoms with Gasteiger partial charge in [-0.25, -0.2) is 4.79 Å². The lowest BCUT2D eigenvalue weighted by Crippen LogP contribution is -2.30. The van der Waals surface area contributed by atoms with Gasteiger partial charge in [-0.05, 0) is 72.7 Å². The molecule has 38 heavy (non-hydrogen) atoms. The molecular formula is C28H27N3O7. The first-order chi connectivity index (χ1) is 18.3. The molecule has 0 saturated heterocycles. The SMILES string of the molecule is CCCCOc1ccc(C(=O)N/C(=C/c2ccc([N+](=O)[O-])cc2)C(=O)Nc2cccc(C(=O)OC)c2)cc1. The number of nitrogens with zero attached hydrogens (tertiary/aromatic N) is 1. The second kappa shape index (κ2) is 13.4. The summed E-state index contributed by atoms with van der Waals surface area (Å²) in [6.07, 6.45) is 3.30. The number of esters is 1. The molecule has 0 fully saturated rings. The largest absolute Gasteiger partial charge is 0.494 e. The number of unbranched alkanes of at least 4 members (excludes halogenated alkanes) is 1. The van der Waals surface area contributed by atoms with Gasteiger partial charge in [0, 0.05) is 23.4 Å². The number of rotatable bonds is 11. The Kier molecular flexibility index (Phi) is 9.70. The van der Waals surface area contributed by atoms with Gasteiger partial charge in [0.1, 0.15) is 11.4 Å². The van der Waals surface area contributed by atoms with Gasteiger partial charge in [-0.15, -0.1) is 0 Å². The van der Waals surface area contributed by atoms with E-state index < -0.39 is 22.7 Å². The van der Waals surface area contributed by atoms with Crippen LogP contribution in [-0.4, -0.2) is 36.4 Å². The molecule has 2 N–H and O–H groups in total. The molecule has 0 heterocycles. The van der Waals surface area contributed by atoms with E-state index in [1.165, 1.54) is 49.6 Å². The third kappa shape index (κ3) is 7.76. The van der Waals surface area contributed by atoms with Crippen molar-refractivity contribution in [2.45, 2.75) is 19.8 Å². The number of nitrogens with one attached hydrogen (secondary N) is 2. The summed E-state index contributed by atoms with van der Waals surface area (Å²) in [5.41, 5.74) is 1.05. The van der Waals surface area contributed by atoms with Gasteiger partial charge in [0.05, 0.1) is 24.2 Å². The standard InChI is InChI=1S/C28H27N3O7/c1-3-4-16-38-24-14-10-20(11-15-24)26(32)30-25(17-19-8-12-23(13-9-19)31(35)36)27(33)29-22-7-5-6-21(18-22)28(34)37-2/h5-15,17-18H,3-4,16H2,1-2H3,(H,29,33)(H,30,32)/b25-17+. The lowest BCUT2D eigenvalue weighted by molar-refractivity contribution is -0.384. The Bertz CT molecular complexity index is 1330. The molecule has 0 aliphatic carbocycles. The lowest BCUT2D eigenvalue weighted by Gasteiger charge is -2.12. The zero-order chi connectivity index (χ0) is 27.5. The van der Waals surface area contributed by atoms with Crippen LogP contribution in [0.15, 0.2) is 78.5 Å². The van der Waals surface area contributed by atoms with Crippen molar-refractivity contribution >= 4 is 35.2 Å². The van der Waals surface area contributed by atoms with Gasteiger partial charge in [-0.1, -0.05) is 19.4 Å². The van der Waals surface area contributed by atoms with Gasteiger partial charge >= 0.3 is 5.97 Å². The number of benzene rings is 3. The van der Waals surface area contributed by atoms with Crippen LogP contribution in [-0.2, 0) is 9.53 Å². The van der Waals surface area contributed by atoms with Gasteiger partial charge in [-0.2, -0.15) is 0 Å². The fourth-order valence-corrected chi connectivity index (χ4v) is 3.29. The van der Waals surface area contributed by atoms with E-state index in [2.05, 4.69) is 17.6 Å². The summed E-state index contributed by atoms with van der Waals surface area (Å²) in [5, 5.41) is 16.2. The monoisotopic (exact) mass is 517 g/mol. The molecule has 0 bridgehead atoms. The smallest absolute Gasteiger partial charge is 0.337 e. The van der Waals surface area contributed by atoms with Crippen molar-refractivity contribution in [3.63, 3.8) is 0 Å². The third-order valence-corrected chi connectivity index (χ3v) is 5.33. The number of nitro groups is 1. The van der Waals surface area contributed by atoms with Crippen molar-refractivity contribution < 1.29 is 28.8 Å². The minimum Gasteiger partial charge on any atom is -0.494 e. The van der Waals surface area contributed by atoms with Crippen LogP contribution in [0.2, 0.25) is 0 Å². The lowest BCUT2D eigenvalue weighted by atomic mass is 10.1. The highest BCUT2D eigenvalue weighted by atomic mass is 16.6. The number of amides is 2. The summed E-state index contributed by atoms with van der Waals surface area (Å²) in [7, 11) is 1.25. The Morgan fingerprint density at radius 2 is 1.68 bits per heavy atom. The average Bonchev–Trinajstić information content (AvgIpc) is 2.93. The Hall–Kier alpha value is -4.99. The highest BCUT2D eigenvalue weighted by Crippen LogP contribution is 2.17. The van der Waals surface area contributed by atoms with Crippen molar-refractivity contribution in [2.75, 3.05) is 19.0 Å². The molecule has 10 nitrogen and oxygen atoms in total. The highest BCUT2D eigenvalue weighted by Gasteiger charge is 2.17. The molecule has 196 valence electrons. The van der Waals surface area contributed by atoms with Crippen LogP contribution in [0.5, 0.6) is 5.75 Å². The van der Waals surface area contributed by atoms with Crippen LogP contribution in [0.25, 0.3) is 6.08 Å². The van der Waals surface area contributed by atoms with Gasteiger partial charge < -0.3 is 20.1 Å². The number of nitro benzene ring substituents is 1. The summed E-state index contributed by atoms with van der Waals surface area (Å²) >= 11 is 0. The number of hydrogen-bond donors (Lipinski definition) is 2. The van der Waals surface area contributed by atoms with Crippen LogP contribution in [0.4, 0.5) is 11.4 Å². The number of ether oxygens (including phenoxy) is 2. The first-order valence-electron chi connectivity index (χ1n) is 11.8. The maximum absolute atomic E-state index is 13.2. The molecule has 0 unspecified atom stereocenters. The Morgan fingerprint density at radius 3 is 2.32 bits per heavy atom. The normalized spacial score (nSPS) is 10.8. The summed E-state index contributed by atoms with van der Waals surface area (Å²) in [6.45, 7) is 2.63. The quantitative estimate of drug-likeness (QED) is 0.120. The van der Waals surface area contributed by atoms with E-state index in [4.69, 9.17) is 9.47 Å². The first kappa shape index (κ1) is 27.6. The second-order valence-electron chi connectivity index (χ2n) is 8.11. The van der Waals surface area contributed by atoms with Crippen LogP contribution in [0.1, 0.15) is 46.0 Å². The molecule has 0 aromatic heterocycles. The maximum Gasteiger partial charge on any atom is 0.337 e. The van der Waals surface area contributed by atoms with Crippen LogP contribution < -0.4 is 15.4 Å². The molecule has 0 saturated carbocycles. The molecule has 3 aromatic rings. The minimum absolute atomic E-state index is 0.113. The topological polar surface area (TPSA) is 137 Å². The van der Waals surface area contributed by atoms with Crippen LogP contribution >= 0.6 is 0 Å². The molecule has 3 aromatic carbocycles. The third-order valence-electron chi connectivity index (χ3n) is 5.33. The van der Waals surface area contributed by atoms with Crippen molar-refractivity contribution in [3.8, 4) is 5.75 Å². The van der Waals surface area contributed by atoms with Crippen LogP contribution in [0, 0.1) is 10.1 Å². The van der Waals surface area contributed by atoms with E-state index in [0.717, 1.165) is 12.8 Å². The Morgan fingerprint density at radius 1 is 0.974 bits per heavy atom. The fourth-order valence-electron chi connectivity index (χ4n) is 3.29. The number of non-ortho nitro benzene ring substituents is 1. The van der Waals surface area contributed by atoms with Crippen molar-refractivity contribution in [1.82, 2.24) is 5.32 Å². The molecule has 10 heteroatoms. The van der Waals surface area contributed by atoms with E-state index in [-0.39, 0.29) is 16.9 Å². The first-order valence-corrected chi connectivity index (χ1v) is 11.8. The van der Waals surface area contributed by atoms with Gasteiger partial charge in [0.2, 0.25) is 0 Å². The Labute approximate surface area is 219 Å². The second-order valence-corrected chi connectivity index (χ2v) is 8.11. The molecule has 0 spiro atoms. The van der Waals surface area contributed by atoms with Crippen molar-refractivity contribution in [1.29, 1.82) is 0 Å². The summed E-state index contributed by atoms with van der Waals surface area (Å²) in [4.78, 5) is 48.4. The fraction of sp³-hybridized carbons (Fsp3) is 0.179. The van der Waals surface area contributed by atoms with E-state index in [1.807, 2.05) is 0 Å². The summed E-state index contributed by atoms with van der Waals surface area (Å²) < 4.78 is 10.3. The van der Waals surface area contributed by atoms with Crippen molar-refractivity contribution in [3.05, 3.63) is 105 Å². The molecule has 2 amide bonds. The van der Waals surface area contributed by atoms with E-state index in [0.29, 0.717) is 29.2 Å². The molecule has 0 atom stereocenters. The van der Waals surface area contributed by atoms with Crippen LogP contribution in [0.3, 0.4) is 0 Å². The molecule has 0 aliphatic heterocycles. The molecule has 3 rings (SSSR count). The zero-order valence-corrected chi connectivity index (χ0v) is 20.9. The average molecular weight is 518 g/mol. The van der Waals surface area contributed by atoms with Gasteiger partial charge in [-0.3, -0.25) is 19.7 Å². The predicted molar refractivity (Wildman–Crippen MR) is 142 cm³/mol. The molecule has 0 aliphatic rings. The molecule has 0 radical (unpaired) electrons. The summed E-state index contributed by atoms with van der Waals surface area (Å²) in [5.74, 6) is -1.16. The van der Waals surface area contributed by atoms with Crippen molar-refractivity contribution in [2.24, 2.45) is 0 Å². The number of hydrogen-bond acceptors (Lipinski definition) is 7. The number of anilines is 1. The maximum atomic E-state index is 13.2.